The predicted molar refractivity (Wildman–Crippen MR) is 132 cm³/mol. The zero-order valence-corrected chi connectivity index (χ0v) is 20.0. The van der Waals surface area contributed by atoms with Gasteiger partial charge in [-0.15, -0.1) is 0 Å². The van der Waals surface area contributed by atoms with Crippen LogP contribution in [0.3, 0.4) is 0 Å². The van der Waals surface area contributed by atoms with Crippen LogP contribution in [0, 0.1) is 0 Å². The zero-order chi connectivity index (χ0) is 25.1. The molecule has 1 spiro atoms. The summed E-state index contributed by atoms with van der Waals surface area (Å²) in [6.45, 7) is 4.68. The number of benzene rings is 2. The average molecular weight is 492 g/mol. The van der Waals surface area contributed by atoms with Gasteiger partial charge in [0.25, 0.3) is 5.91 Å². The Hall–Kier alpha value is -4.01. The minimum absolute atomic E-state index is 0.167. The Morgan fingerprint density at radius 2 is 1.86 bits per heavy atom. The number of urea groups is 1. The summed E-state index contributed by atoms with van der Waals surface area (Å²) in [5, 5.41) is 2.84. The standard InChI is InChI=1S/C27H29N3O6/c1-2-13-34-21-8-4-3-7-19(21)17-29(20-9-10-22-23(16-20)36-15-14-35-22)24(31)18-30-25(32)27(28-26(30)33)11-5-6-12-27/h2-4,7-10,16H,1,5-6,11-15,17-18H2,(H,28,33). The van der Waals surface area contributed by atoms with Crippen LogP contribution in [0.1, 0.15) is 31.2 Å². The van der Waals surface area contributed by atoms with E-state index in [9.17, 15) is 14.4 Å². The maximum absolute atomic E-state index is 13.7. The van der Waals surface area contributed by atoms with Crippen molar-refractivity contribution in [3.8, 4) is 17.2 Å². The fourth-order valence-electron chi connectivity index (χ4n) is 4.98. The third-order valence-electron chi connectivity index (χ3n) is 6.79. The van der Waals surface area contributed by atoms with E-state index in [0.29, 0.717) is 55.6 Å². The molecule has 9 nitrogen and oxygen atoms in total. The van der Waals surface area contributed by atoms with Crippen molar-refractivity contribution >= 4 is 23.5 Å². The molecule has 2 aromatic carbocycles. The molecule has 4 amide bonds. The van der Waals surface area contributed by atoms with E-state index in [4.69, 9.17) is 14.2 Å². The normalized spacial score (nSPS) is 17.7. The summed E-state index contributed by atoms with van der Waals surface area (Å²) < 4.78 is 17.1. The highest BCUT2D eigenvalue weighted by atomic mass is 16.6. The number of fused-ring (bicyclic) bond motifs is 1. The van der Waals surface area contributed by atoms with Crippen LogP contribution in [0.15, 0.2) is 55.1 Å². The van der Waals surface area contributed by atoms with E-state index >= 15 is 0 Å². The molecule has 1 aliphatic carbocycles. The van der Waals surface area contributed by atoms with Gasteiger partial charge in [0.2, 0.25) is 5.91 Å². The molecule has 3 aliphatic rings. The van der Waals surface area contributed by atoms with Gasteiger partial charge in [-0.1, -0.05) is 43.7 Å². The Kier molecular flexibility index (Phi) is 6.54. The van der Waals surface area contributed by atoms with E-state index in [2.05, 4.69) is 11.9 Å². The number of para-hydroxylation sites is 1. The number of carbonyl (C=O) groups excluding carboxylic acids is 3. The molecule has 2 aromatic rings. The second-order valence-electron chi connectivity index (χ2n) is 9.13. The number of hydrogen-bond acceptors (Lipinski definition) is 6. The lowest BCUT2D eigenvalue weighted by Gasteiger charge is -2.27. The van der Waals surface area contributed by atoms with Gasteiger partial charge in [0, 0.05) is 17.3 Å². The molecule has 0 unspecified atom stereocenters. The van der Waals surface area contributed by atoms with Gasteiger partial charge in [0.15, 0.2) is 11.5 Å². The van der Waals surface area contributed by atoms with E-state index in [0.717, 1.165) is 23.3 Å². The molecule has 2 heterocycles. The molecular formula is C27H29N3O6. The number of rotatable bonds is 8. The quantitative estimate of drug-likeness (QED) is 0.449. The number of nitrogens with zero attached hydrogens (tertiary/aromatic N) is 2. The number of carbonyl (C=O) groups is 3. The Bertz CT molecular complexity index is 1190. The lowest BCUT2D eigenvalue weighted by Crippen LogP contribution is -2.46. The molecule has 0 atom stereocenters. The Morgan fingerprint density at radius 1 is 1.11 bits per heavy atom. The highest BCUT2D eigenvalue weighted by Crippen LogP contribution is 2.37. The highest BCUT2D eigenvalue weighted by molar-refractivity contribution is 6.10. The van der Waals surface area contributed by atoms with Crippen molar-refractivity contribution in [2.45, 2.75) is 37.8 Å². The van der Waals surface area contributed by atoms with Crippen molar-refractivity contribution in [1.29, 1.82) is 0 Å². The second kappa shape index (κ2) is 9.93. The number of nitrogens with one attached hydrogen (secondary N) is 1. The molecule has 0 bridgehead atoms. The maximum atomic E-state index is 13.7. The summed E-state index contributed by atoms with van der Waals surface area (Å²) in [6.07, 6.45) is 4.60. The van der Waals surface area contributed by atoms with E-state index < -0.39 is 17.5 Å². The van der Waals surface area contributed by atoms with Crippen LogP contribution in [0.4, 0.5) is 10.5 Å². The van der Waals surface area contributed by atoms with Crippen molar-refractivity contribution in [3.63, 3.8) is 0 Å². The lowest BCUT2D eigenvalue weighted by atomic mass is 9.98. The van der Waals surface area contributed by atoms with E-state index in [1.807, 2.05) is 24.3 Å². The molecule has 2 fully saturated rings. The summed E-state index contributed by atoms with van der Waals surface area (Å²) in [6, 6.07) is 12.2. The molecule has 1 N–H and O–H groups in total. The topological polar surface area (TPSA) is 97.4 Å². The van der Waals surface area contributed by atoms with E-state index in [1.165, 1.54) is 4.90 Å². The zero-order valence-electron chi connectivity index (χ0n) is 20.0. The van der Waals surface area contributed by atoms with Crippen molar-refractivity contribution in [2.24, 2.45) is 0 Å². The van der Waals surface area contributed by atoms with Gasteiger partial charge >= 0.3 is 6.03 Å². The lowest BCUT2D eigenvalue weighted by molar-refractivity contribution is -0.134. The Morgan fingerprint density at radius 3 is 2.64 bits per heavy atom. The predicted octanol–water partition coefficient (Wildman–Crippen LogP) is 3.42. The molecule has 188 valence electrons. The van der Waals surface area contributed by atoms with Gasteiger partial charge < -0.3 is 24.4 Å². The van der Waals surface area contributed by atoms with Gasteiger partial charge in [0.05, 0.1) is 6.54 Å². The molecule has 1 saturated carbocycles. The molecule has 1 saturated heterocycles. The first kappa shape index (κ1) is 23.7. The minimum atomic E-state index is -0.871. The third-order valence-corrected chi connectivity index (χ3v) is 6.79. The van der Waals surface area contributed by atoms with Crippen molar-refractivity contribution in [1.82, 2.24) is 10.2 Å². The van der Waals surface area contributed by atoms with Crippen LogP contribution in [0.2, 0.25) is 0 Å². The SMILES string of the molecule is C=CCOc1ccccc1CN(C(=O)CN1C(=O)NC2(CCCC2)C1=O)c1ccc2c(c1)OCCO2. The number of ether oxygens (including phenoxy) is 3. The van der Waals surface area contributed by atoms with Crippen molar-refractivity contribution < 1.29 is 28.6 Å². The second-order valence-corrected chi connectivity index (χ2v) is 9.13. The smallest absolute Gasteiger partial charge is 0.325 e. The van der Waals surface area contributed by atoms with Gasteiger partial charge in [-0.2, -0.15) is 0 Å². The number of hydrogen-bond donors (Lipinski definition) is 1. The van der Waals surface area contributed by atoms with Crippen molar-refractivity contribution in [2.75, 3.05) is 31.3 Å². The van der Waals surface area contributed by atoms with Crippen LogP contribution >= 0.6 is 0 Å². The maximum Gasteiger partial charge on any atom is 0.325 e. The first-order chi connectivity index (χ1) is 17.5. The summed E-state index contributed by atoms with van der Waals surface area (Å²) in [5.41, 5.74) is 0.460. The first-order valence-electron chi connectivity index (χ1n) is 12.2. The molecule has 0 aromatic heterocycles. The molecule has 2 aliphatic heterocycles. The van der Waals surface area contributed by atoms with E-state index in [1.54, 1.807) is 24.3 Å². The monoisotopic (exact) mass is 491 g/mol. The Labute approximate surface area is 209 Å². The molecule has 36 heavy (non-hydrogen) atoms. The largest absolute Gasteiger partial charge is 0.489 e. The van der Waals surface area contributed by atoms with Crippen molar-refractivity contribution in [3.05, 3.63) is 60.7 Å². The van der Waals surface area contributed by atoms with Crippen LogP contribution in [0.25, 0.3) is 0 Å². The summed E-state index contributed by atoms with van der Waals surface area (Å²) in [5.74, 6) is 1.03. The van der Waals surface area contributed by atoms with Crippen LogP contribution in [-0.2, 0) is 16.1 Å². The molecule has 0 radical (unpaired) electrons. The summed E-state index contributed by atoms with van der Waals surface area (Å²) >= 11 is 0. The fourth-order valence-corrected chi connectivity index (χ4v) is 4.98. The third kappa shape index (κ3) is 4.48. The van der Waals surface area contributed by atoms with Gasteiger partial charge in [-0.3, -0.25) is 14.5 Å². The fraction of sp³-hybridized carbons (Fsp3) is 0.370. The number of amides is 4. The number of imide groups is 1. The average Bonchev–Trinajstić information content (AvgIpc) is 3.46. The molecular weight excluding hydrogens is 462 g/mol. The van der Waals surface area contributed by atoms with Crippen LogP contribution in [-0.4, -0.2) is 54.6 Å². The van der Waals surface area contributed by atoms with Gasteiger partial charge in [-0.05, 0) is 31.0 Å². The number of anilines is 1. The van der Waals surface area contributed by atoms with Gasteiger partial charge in [-0.25, -0.2) is 4.79 Å². The Balaban J connectivity index is 1.44. The molecule has 5 rings (SSSR count). The van der Waals surface area contributed by atoms with E-state index in [-0.39, 0.29) is 19.0 Å². The molecule has 9 heteroatoms. The summed E-state index contributed by atoms with van der Waals surface area (Å²) in [7, 11) is 0. The van der Waals surface area contributed by atoms with Gasteiger partial charge in [0.1, 0.15) is 37.7 Å². The van der Waals surface area contributed by atoms with Crippen LogP contribution in [0.5, 0.6) is 17.2 Å². The summed E-state index contributed by atoms with van der Waals surface area (Å²) in [4.78, 5) is 42.2. The first-order valence-corrected chi connectivity index (χ1v) is 12.2. The minimum Gasteiger partial charge on any atom is -0.489 e. The van der Waals surface area contributed by atoms with Crippen LogP contribution < -0.4 is 24.4 Å². The highest BCUT2D eigenvalue weighted by Gasteiger charge is 2.53.